The summed E-state index contributed by atoms with van der Waals surface area (Å²) in [6, 6.07) is 22.4. The second kappa shape index (κ2) is 9.74. The van der Waals surface area contributed by atoms with Gasteiger partial charge < -0.3 is 19.5 Å². The van der Waals surface area contributed by atoms with Crippen LogP contribution >= 0.6 is 12.2 Å². The van der Waals surface area contributed by atoms with Gasteiger partial charge in [0, 0.05) is 30.0 Å². The number of ether oxygens (including phenoxy) is 1. The molecule has 1 saturated heterocycles. The van der Waals surface area contributed by atoms with Crippen LogP contribution in [0.5, 0.6) is 5.75 Å². The van der Waals surface area contributed by atoms with Crippen molar-refractivity contribution in [1.29, 1.82) is 0 Å². The molecule has 1 N–H and O–H groups in total. The highest BCUT2D eigenvalue weighted by atomic mass is 32.1. The van der Waals surface area contributed by atoms with Gasteiger partial charge in [-0.25, -0.2) is 4.98 Å². The summed E-state index contributed by atoms with van der Waals surface area (Å²) in [5.41, 5.74) is 4.17. The largest absolute Gasteiger partial charge is 0.490 e. The maximum Gasteiger partial charge on any atom is 0.174 e. The van der Waals surface area contributed by atoms with Gasteiger partial charge in [0.1, 0.15) is 17.6 Å². The minimum atomic E-state index is -0.118. The summed E-state index contributed by atoms with van der Waals surface area (Å²) in [6.07, 6.45) is 10.9. The number of hydrogen-bond acceptors (Lipinski definition) is 4. The number of benzene rings is 1. The first kappa shape index (κ1) is 22.7. The van der Waals surface area contributed by atoms with Crippen LogP contribution in [0.1, 0.15) is 54.7 Å². The molecule has 0 radical (unpaired) electrons. The standard InChI is InChI=1S/C29H29N5OS/c1-20-11-16-26(31-19-20)33-18-6-10-25(33)28-27(24-9-4-5-17-30-24)32-29(36)34(28)21-12-14-23(15-13-21)35-22-7-2-3-8-22/h4-6,9-19,22,27-28H,2-3,7-8H2,1H3,(H,32,36). The van der Waals surface area contributed by atoms with E-state index in [0.29, 0.717) is 11.2 Å². The van der Waals surface area contributed by atoms with Gasteiger partial charge in [-0.2, -0.15) is 0 Å². The van der Waals surface area contributed by atoms with E-state index >= 15 is 0 Å². The summed E-state index contributed by atoms with van der Waals surface area (Å²) in [4.78, 5) is 11.6. The van der Waals surface area contributed by atoms with Crippen LogP contribution in [0.15, 0.2) is 85.3 Å². The zero-order chi connectivity index (χ0) is 24.5. The van der Waals surface area contributed by atoms with Crippen molar-refractivity contribution < 1.29 is 4.74 Å². The molecule has 6 nitrogen and oxygen atoms in total. The summed E-state index contributed by atoms with van der Waals surface area (Å²) in [5, 5.41) is 4.22. The molecule has 1 aliphatic carbocycles. The fourth-order valence-electron chi connectivity index (χ4n) is 5.26. The minimum absolute atomic E-state index is 0.118. The molecule has 6 rings (SSSR count). The Labute approximate surface area is 217 Å². The van der Waals surface area contributed by atoms with Gasteiger partial charge in [-0.1, -0.05) is 12.1 Å². The van der Waals surface area contributed by atoms with Gasteiger partial charge in [-0.3, -0.25) is 4.98 Å². The van der Waals surface area contributed by atoms with E-state index in [1.165, 1.54) is 12.8 Å². The van der Waals surface area contributed by atoms with Crippen molar-refractivity contribution >= 4 is 23.0 Å². The molecular weight excluding hydrogens is 466 g/mol. The average Bonchev–Trinajstić information content (AvgIpc) is 3.66. The Balaban J connectivity index is 1.39. The Bertz CT molecular complexity index is 1330. The molecule has 3 aromatic heterocycles. The molecule has 4 heterocycles. The predicted molar refractivity (Wildman–Crippen MR) is 146 cm³/mol. The molecule has 2 unspecified atom stereocenters. The van der Waals surface area contributed by atoms with E-state index < -0.39 is 0 Å². The van der Waals surface area contributed by atoms with Crippen LogP contribution in [0.25, 0.3) is 5.82 Å². The topological polar surface area (TPSA) is 55.2 Å². The second-order valence-corrected chi connectivity index (χ2v) is 9.90. The van der Waals surface area contributed by atoms with Crippen LogP contribution in [0.2, 0.25) is 0 Å². The smallest absolute Gasteiger partial charge is 0.174 e. The summed E-state index contributed by atoms with van der Waals surface area (Å²) >= 11 is 5.91. The number of nitrogens with one attached hydrogen (secondary N) is 1. The van der Waals surface area contributed by atoms with Crippen molar-refractivity contribution in [3.63, 3.8) is 0 Å². The second-order valence-electron chi connectivity index (χ2n) is 9.51. The van der Waals surface area contributed by atoms with Crippen LogP contribution in [-0.4, -0.2) is 25.8 Å². The Kier molecular flexibility index (Phi) is 6.15. The first-order valence-electron chi connectivity index (χ1n) is 12.5. The third-order valence-electron chi connectivity index (χ3n) is 7.04. The first-order valence-corrected chi connectivity index (χ1v) is 13.0. The predicted octanol–water partition coefficient (Wildman–Crippen LogP) is 6.07. The maximum absolute atomic E-state index is 6.21. The number of hydrogen-bond donors (Lipinski definition) is 1. The van der Waals surface area contributed by atoms with Crippen LogP contribution in [0.3, 0.4) is 0 Å². The van der Waals surface area contributed by atoms with E-state index in [9.17, 15) is 0 Å². The molecule has 1 saturated carbocycles. The van der Waals surface area contributed by atoms with Gasteiger partial charge in [0.15, 0.2) is 5.11 Å². The quantitative estimate of drug-likeness (QED) is 0.328. The van der Waals surface area contributed by atoms with E-state index in [-0.39, 0.29) is 12.1 Å². The Morgan fingerprint density at radius 2 is 1.78 bits per heavy atom. The molecule has 2 atom stereocenters. The van der Waals surface area contributed by atoms with Gasteiger partial charge in [0.05, 0.1) is 17.8 Å². The van der Waals surface area contributed by atoms with Gasteiger partial charge in [-0.15, -0.1) is 0 Å². The lowest BCUT2D eigenvalue weighted by molar-refractivity contribution is 0.210. The molecule has 182 valence electrons. The number of aromatic nitrogens is 3. The van der Waals surface area contributed by atoms with Crippen molar-refractivity contribution in [2.75, 3.05) is 4.90 Å². The highest BCUT2D eigenvalue weighted by molar-refractivity contribution is 7.80. The fourth-order valence-corrected chi connectivity index (χ4v) is 5.61. The van der Waals surface area contributed by atoms with E-state index in [1.54, 1.807) is 0 Å². The van der Waals surface area contributed by atoms with Crippen LogP contribution in [-0.2, 0) is 0 Å². The maximum atomic E-state index is 6.21. The number of pyridine rings is 2. The molecule has 1 aromatic carbocycles. The average molecular weight is 496 g/mol. The monoisotopic (exact) mass is 495 g/mol. The molecule has 2 fully saturated rings. The Hall–Kier alpha value is -3.71. The highest BCUT2D eigenvalue weighted by Gasteiger charge is 2.42. The molecule has 0 spiro atoms. The number of anilines is 1. The van der Waals surface area contributed by atoms with E-state index in [2.05, 4.69) is 79.5 Å². The third kappa shape index (κ3) is 4.35. The van der Waals surface area contributed by atoms with Gasteiger partial charge in [0.2, 0.25) is 0 Å². The summed E-state index contributed by atoms with van der Waals surface area (Å²) < 4.78 is 8.35. The number of nitrogens with zero attached hydrogens (tertiary/aromatic N) is 4. The third-order valence-corrected chi connectivity index (χ3v) is 7.36. The van der Waals surface area contributed by atoms with Crippen molar-refractivity contribution in [2.45, 2.75) is 50.8 Å². The van der Waals surface area contributed by atoms with Crippen molar-refractivity contribution in [3.8, 4) is 11.6 Å². The summed E-state index contributed by atoms with van der Waals surface area (Å²) in [7, 11) is 0. The molecule has 1 aliphatic heterocycles. The van der Waals surface area contributed by atoms with Crippen LogP contribution in [0, 0.1) is 6.92 Å². The zero-order valence-corrected chi connectivity index (χ0v) is 21.1. The van der Waals surface area contributed by atoms with E-state index in [0.717, 1.165) is 47.0 Å². The van der Waals surface area contributed by atoms with Crippen LogP contribution in [0.4, 0.5) is 5.69 Å². The van der Waals surface area contributed by atoms with Crippen molar-refractivity contribution in [2.24, 2.45) is 0 Å². The number of aryl methyl sites for hydroxylation is 1. The number of rotatable bonds is 6. The lowest BCUT2D eigenvalue weighted by Gasteiger charge is -2.29. The first-order chi connectivity index (χ1) is 17.7. The molecular formula is C29H29N5OS. The fraction of sp³-hybridized carbons (Fsp3) is 0.276. The van der Waals surface area contributed by atoms with E-state index in [1.807, 2.05) is 37.5 Å². The lowest BCUT2D eigenvalue weighted by Crippen LogP contribution is -2.30. The molecule has 36 heavy (non-hydrogen) atoms. The van der Waals surface area contributed by atoms with Crippen LogP contribution < -0.4 is 15.0 Å². The molecule has 4 aromatic rings. The Morgan fingerprint density at radius 1 is 0.944 bits per heavy atom. The van der Waals surface area contributed by atoms with Gasteiger partial charge in [-0.05, 0) is 105 Å². The SMILES string of the molecule is Cc1ccc(-n2cccc2C2C(c3ccccn3)NC(=S)N2c2ccc(OC3CCCC3)cc2)nc1. The highest BCUT2D eigenvalue weighted by Crippen LogP contribution is 2.42. The summed E-state index contributed by atoms with van der Waals surface area (Å²) in [5.74, 6) is 1.78. The summed E-state index contributed by atoms with van der Waals surface area (Å²) in [6.45, 7) is 2.05. The molecule has 0 amide bonds. The van der Waals surface area contributed by atoms with E-state index in [4.69, 9.17) is 17.0 Å². The minimum Gasteiger partial charge on any atom is -0.490 e. The van der Waals surface area contributed by atoms with Crippen molar-refractivity contribution in [3.05, 3.63) is 102 Å². The molecule has 7 heteroatoms. The Morgan fingerprint density at radius 3 is 2.50 bits per heavy atom. The normalized spacial score (nSPS) is 20.0. The lowest BCUT2D eigenvalue weighted by atomic mass is 10.0. The molecule has 0 bridgehead atoms. The zero-order valence-electron chi connectivity index (χ0n) is 20.2. The number of thiocarbonyl (C=S) groups is 1. The van der Waals surface area contributed by atoms with Crippen molar-refractivity contribution in [1.82, 2.24) is 19.9 Å². The van der Waals surface area contributed by atoms with Gasteiger partial charge >= 0.3 is 0 Å². The van der Waals surface area contributed by atoms with Gasteiger partial charge in [0.25, 0.3) is 0 Å². The molecule has 2 aliphatic rings.